The molecule has 8 heavy (non-hydrogen) atoms. The SMILES string of the molecule is CCN1CCCN=N1. The van der Waals surface area contributed by atoms with Crippen molar-refractivity contribution in [2.75, 3.05) is 19.6 Å². The van der Waals surface area contributed by atoms with Crippen LogP contribution in [0.3, 0.4) is 0 Å². The first-order valence-corrected chi connectivity index (χ1v) is 3.06. The fraction of sp³-hybridized carbons (Fsp3) is 1.00. The molecule has 3 heteroatoms. The van der Waals surface area contributed by atoms with Gasteiger partial charge in [-0.25, -0.2) is 0 Å². The average molecular weight is 113 g/mol. The van der Waals surface area contributed by atoms with E-state index in [0.717, 1.165) is 26.1 Å². The van der Waals surface area contributed by atoms with Gasteiger partial charge in [-0.2, -0.15) is 5.11 Å². The number of nitrogens with zero attached hydrogens (tertiary/aromatic N) is 3. The molecule has 0 aliphatic carbocycles. The first-order chi connectivity index (χ1) is 3.93. The zero-order chi connectivity index (χ0) is 5.82. The zero-order valence-corrected chi connectivity index (χ0v) is 5.17. The summed E-state index contributed by atoms with van der Waals surface area (Å²) in [5.41, 5.74) is 0. The topological polar surface area (TPSA) is 28.0 Å². The Morgan fingerprint density at radius 1 is 1.62 bits per heavy atom. The highest BCUT2D eigenvalue weighted by molar-refractivity contribution is 4.53. The third-order valence-corrected chi connectivity index (χ3v) is 1.23. The maximum Gasteiger partial charge on any atom is 0.0637 e. The van der Waals surface area contributed by atoms with E-state index in [4.69, 9.17) is 0 Å². The van der Waals surface area contributed by atoms with Gasteiger partial charge in [0.05, 0.1) is 6.54 Å². The minimum atomic E-state index is 0.913. The summed E-state index contributed by atoms with van der Waals surface area (Å²) in [4.78, 5) is 0. The van der Waals surface area contributed by atoms with Crippen LogP contribution < -0.4 is 0 Å². The molecular weight excluding hydrogens is 102 g/mol. The van der Waals surface area contributed by atoms with Gasteiger partial charge in [-0.15, -0.1) is 0 Å². The van der Waals surface area contributed by atoms with Crippen molar-refractivity contribution < 1.29 is 0 Å². The number of rotatable bonds is 1. The smallest absolute Gasteiger partial charge is 0.0637 e. The fourth-order valence-electron chi connectivity index (χ4n) is 0.724. The molecular formula is C5H11N3. The quantitative estimate of drug-likeness (QED) is 0.500. The van der Waals surface area contributed by atoms with E-state index in [-0.39, 0.29) is 0 Å². The van der Waals surface area contributed by atoms with Gasteiger partial charge in [0.1, 0.15) is 0 Å². The molecule has 1 aliphatic rings. The Labute approximate surface area is 49.4 Å². The van der Waals surface area contributed by atoms with Crippen LogP contribution in [0.2, 0.25) is 0 Å². The van der Waals surface area contributed by atoms with E-state index in [2.05, 4.69) is 17.3 Å². The summed E-state index contributed by atoms with van der Waals surface area (Å²) in [6.07, 6.45) is 1.16. The first kappa shape index (κ1) is 5.54. The fourth-order valence-corrected chi connectivity index (χ4v) is 0.724. The Morgan fingerprint density at radius 2 is 2.50 bits per heavy atom. The van der Waals surface area contributed by atoms with Gasteiger partial charge >= 0.3 is 0 Å². The van der Waals surface area contributed by atoms with Crippen LogP contribution in [0.5, 0.6) is 0 Å². The Morgan fingerprint density at radius 3 is 2.88 bits per heavy atom. The predicted octanol–water partition coefficient (Wildman–Crippen LogP) is 1.08. The maximum absolute atomic E-state index is 3.91. The van der Waals surface area contributed by atoms with E-state index in [9.17, 15) is 0 Å². The predicted molar refractivity (Wildman–Crippen MR) is 31.6 cm³/mol. The molecule has 0 aromatic rings. The Hall–Kier alpha value is -0.600. The van der Waals surface area contributed by atoms with Crippen LogP contribution in [-0.4, -0.2) is 24.6 Å². The largest absolute Gasteiger partial charge is 0.279 e. The van der Waals surface area contributed by atoms with Crippen LogP contribution in [0.25, 0.3) is 0 Å². The molecule has 0 N–H and O–H groups in total. The molecule has 0 atom stereocenters. The van der Waals surface area contributed by atoms with Crippen molar-refractivity contribution in [3.8, 4) is 0 Å². The van der Waals surface area contributed by atoms with E-state index in [0.29, 0.717) is 0 Å². The van der Waals surface area contributed by atoms with Gasteiger partial charge in [-0.05, 0) is 13.3 Å². The second-order valence-corrected chi connectivity index (χ2v) is 1.85. The van der Waals surface area contributed by atoms with Crippen LogP contribution in [-0.2, 0) is 0 Å². The third-order valence-electron chi connectivity index (χ3n) is 1.23. The van der Waals surface area contributed by atoms with Gasteiger partial charge in [0.25, 0.3) is 0 Å². The molecule has 0 radical (unpaired) electrons. The van der Waals surface area contributed by atoms with E-state index in [1.165, 1.54) is 0 Å². The third kappa shape index (κ3) is 1.18. The molecule has 0 saturated heterocycles. The van der Waals surface area contributed by atoms with Crippen molar-refractivity contribution in [3.05, 3.63) is 0 Å². The van der Waals surface area contributed by atoms with Gasteiger partial charge in [0.2, 0.25) is 0 Å². The molecule has 1 heterocycles. The Kier molecular flexibility index (Phi) is 1.83. The Bertz CT molecular complexity index is 89.7. The van der Waals surface area contributed by atoms with Crippen molar-refractivity contribution >= 4 is 0 Å². The summed E-state index contributed by atoms with van der Waals surface area (Å²) < 4.78 is 0. The van der Waals surface area contributed by atoms with Crippen LogP contribution in [0.15, 0.2) is 10.3 Å². The second-order valence-electron chi connectivity index (χ2n) is 1.85. The lowest BCUT2D eigenvalue weighted by Crippen LogP contribution is -2.21. The summed E-state index contributed by atoms with van der Waals surface area (Å²) in [5.74, 6) is 0. The Balaban J connectivity index is 2.32. The molecule has 0 aromatic carbocycles. The van der Waals surface area contributed by atoms with Crippen LogP contribution >= 0.6 is 0 Å². The van der Waals surface area contributed by atoms with E-state index in [1.54, 1.807) is 0 Å². The summed E-state index contributed by atoms with van der Waals surface area (Å²) in [6, 6.07) is 0. The lowest BCUT2D eigenvalue weighted by atomic mass is 10.4. The standard InChI is InChI=1S/C5H11N3/c1-2-8-5-3-4-6-7-8/h2-5H2,1H3. The zero-order valence-electron chi connectivity index (χ0n) is 5.17. The number of hydrogen-bond donors (Lipinski definition) is 0. The van der Waals surface area contributed by atoms with E-state index < -0.39 is 0 Å². The number of hydrogen-bond acceptors (Lipinski definition) is 3. The highest BCUT2D eigenvalue weighted by Gasteiger charge is 2.00. The van der Waals surface area contributed by atoms with Gasteiger partial charge < -0.3 is 0 Å². The van der Waals surface area contributed by atoms with Crippen LogP contribution in [0.1, 0.15) is 13.3 Å². The molecule has 0 bridgehead atoms. The molecule has 0 fully saturated rings. The van der Waals surface area contributed by atoms with Crippen LogP contribution in [0.4, 0.5) is 0 Å². The van der Waals surface area contributed by atoms with Crippen molar-refractivity contribution in [1.29, 1.82) is 0 Å². The van der Waals surface area contributed by atoms with Gasteiger partial charge in [-0.3, -0.25) is 5.01 Å². The molecule has 0 saturated carbocycles. The lowest BCUT2D eigenvalue weighted by Gasteiger charge is -2.17. The minimum Gasteiger partial charge on any atom is -0.279 e. The summed E-state index contributed by atoms with van der Waals surface area (Å²) in [6.45, 7) is 5.07. The van der Waals surface area contributed by atoms with Crippen LogP contribution in [0, 0.1) is 0 Å². The van der Waals surface area contributed by atoms with E-state index in [1.807, 2.05) is 5.01 Å². The first-order valence-electron chi connectivity index (χ1n) is 3.06. The molecule has 3 nitrogen and oxygen atoms in total. The molecule has 1 aliphatic heterocycles. The second kappa shape index (κ2) is 2.64. The minimum absolute atomic E-state index is 0.913. The van der Waals surface area contributed by atoms with Gasteiger partial charge in [0, 0.05) is 13.1 Å². The van der Waals surface area contributed by atoms with Crippen molar-refractivity contribution in [3.63, 3.8) is 0 Å². The highest BCUT2D eigenvalue weighted by atomic mass is 15.5. The van der Waals surface area contributed by atoms with Gasteiger partial charge in [-0.1, -0.05) is 5.22 Å². The molecule has 1 rings (SSSR count). The van der Waals surface area contributed by atoms with Crippen molar-refractivity contribution in [1.82, 2.24) is 5.01 Å². The van der Waals surface area contributed by atoms with E-state index >= 15 is 0 Å². The molecule has 0 spiro atoms. The molecule has 0 amide bonds. The monoisotopic (exact) mass is 113 g/mol. The highest BCUT2D eigenvalue weighted by Crippen LogP contribution is 1.99. The van der Waals surface area contributed by atoms with Crippen molar-refractivity contribution in [2.45, 2.75) is 13.3 Å². The molecule has 46 valence electrons. The normalized spacial score (nSPS) is 19.4. The maximum atomic E-state index is 3.91. The average Bonchev–Trinajstić information content (AvgIpc) is 1.90. The lowest BCUT2D eigenvalue weighted by molar-refractivity contribution is 0.253. The molecule has 0 unspecified atom stereocenters. The molecule has 0 aromatic heterocycles. The van der Waals surface area contributed by atoms with Gasteiger partial charge in [0.15, 0.2) is 0 Å². The summed E-state index contributed by atoms with van der Waals surface area (Å²) in [7, 11) is 0. The summed E-state index contributed by atoms with van der Waals surface area (Å²) >= 11 is 0. The summed E-state index contributed by atoms with van der Waals surface area (Å²) in [5, 5.41) is 9.76. The van der Waals surface area contributed by atoms with Crippen molar-refractivity contribution in [2.24, 2.45) is 10.3 Å².